The summed E-state index contributed by atoms with van der Waals surface area (Å²) in [6.45, 7) is 0. The molecule has 0 saturated heterocycles. The number of rotatable bonds is 5. The lowest BCUT2D eigenvalue weighted by Gasteiger charge is -2.10. The van der Waals surface area contributed by atoms with Crippen molar-refractivity contribution in [2.75, 3.05) is 10.6 Å². The van der Waals surface area contributed by atoms with Gasteiger partial charge in [0.05, 0.1) is 0 Å². The van der Waals surface area contributed by atoms with Crippen molar-refractivity contribution in [3.05, 3.63) is 60.2 Å². The zero-order valence-corrected chi connectivity index (χ0v) is 12.6. The zero-order chi connectivity index (χ0) is 17.6. The summed E-state index contributed by atoms with van der Waals surface area (Å²) in [6.07, 6.45) is -4.17. The van der Waals surface area contributed by atoms with Gasteiger partial charge in [0.25, 0.3) is 0 Å². The quantitative estimate of drug-likeness (QED) is 0.873. The predicted molar refractivity (Wildman–Crippen MR) is 84.5 cm³/mol. The van der Waals surface area contributed by atoms with Crippen LogP contribution in [-0.4, -0.2) is 18.0 Å². The Hall–Kier alpha value is -2.83. The number of hydrogen-bond acceptors (Lipinski definition) is 2. The van der Waals surface area contributed by atoms with Crippen LogP contribution in [-0.2, 0) is 16.0 Å². The van der Waals surface area contributed by atoms with Gasteiger partial charge in [0.15, 0.2) is 0 Å². The highest BCUT2D eigenvalue weighted by Gasteiger charge is 2.38. The molecule has 0 unspecified atom stereocenters. The number of carbonyl (C=O) groups excluding carboxylic acids is 2. The summed E-state index contributed by atoms with van der Waals surface area (Å²) in [5.74, 6) is -2.33. The second-order valence-corrected chi connectivity index (χ2v) is 5.07. The van der Waals surface area contributed by atoms with Gasteiger partial charge in [-0.15, -0.1) is 0 Å². The summed E-state index contributed by atoms with van der Waals surface area (Å²) in [4.78, 5) is 22.8. The number of aryl methyl sites for hydroxylation is 1. The zero-order valence-electron chi connectivity index (χ0n) is 12.6. The molecule has 0 heterocycles. The molecular formula is C17H15F3N2O2. The second kappa shape index (κ2) is 7.63. The molecule has 2 N–H and O–H groups in total. The highest BCUT2D eigenvalue weighted by molar-refractivity contribution is 5.96. The number of nitrogens with one attached hydrogen (secondary N) is 2. The van der Waals surface area contributed by atoms with Gasteiger partial charge in [-0.2, -0.15) is 13.2 Å². The average Bonchev–Trinajstić information content (AvgIpc) is 2.53. The van der Waals surface area contributed by atoms with Crippen molar-refractivity contribution in [3.63, 3.8) is 0 Å². The third-order valence-electron chi connectivity index (χ3n) is 3.15. The van der Waals surface area contributed by atoms with Gasteiger partial charge < -0.3 is 10.6 Å². The molecule has 2 aromatic rings. The van der Waals surface area contributed by atoms with Gasteiger partial charge in [0.2, 0.25) is 5.91 Å². The fraction of sp³-hybridized carbons (Fsp3) is 0.176. The van der Waals surface area contributed by atoms with Crippen molar-refractivity contribution >= 4 is 23.2 Å². The normalized spacial score (nSPS) is 11.0. The summed E-state index contributed by atoms with van der Waals surface area (Å²) in [5.41, 5.74) is 1.28. The molecule has 0 fully saturated rings. The fourth-order valence-electron chi connectivity index (χ4n) is 2.00. The van der Waals surface area contributed by atoms with Crippen molar-refractivity contribution < 1.29 is 22.8 Å². The Bertz CT molecular complexity index is 715. The Morgan fingerprint density at radius 1 is 0.875 bits per heavy atom. The number of anilines is 2. The van der Waals surface area contributed by atoms with Crippen LogP contribution in [0, 0.1) is 0 Å². The maximum atomic E-state index is 12.2. The molecular weight excluding hydrogens is 321 g/mol. The minimum Gasteiger partial charge on any atom is -0.326 e. The van der Waals surface area contributed by atoms with E-state index < -0.39 is 12.1 Å². The van der Waals surface area contributed by atoms with Crippen LogP contribution < -0.4 is 10.6 Å². The first kappa shape index (κ1) is 17.5. The number of hydrogen-bond donors (Lipinski definition) is 2. The molecule has 2 aromatic carbocycles. The third-order valence-corrected chi connectivity index (χ3v) is 3.15. The lowest BCUT2D eigenvalue weighted by atomic mass is 10.1. The molecule has 0 aliphatic heterocycles. The molecule has 7 heteroatoms. The van der Waals surface area contributed by atoms with Crippen LogP contribution in [0.1, 0.15) is 12.0 Å². The Labute approximate surface area is 136 Å². The van der Waals surface area contributed by atoms with E-state index in [2.05, 4.69) is 5.32 Å². The first-order valence-corrected chi connectivity index (χ1v) is 7.16. The van der Waals surface area contributed by atoms with Crippen LogP contribution in [0.4, 0.5) is 24.5 Å². The van der Waals surface area contributed by atoms with Crippen molar-refractivity contribution in [1.29, 1.82) is 0 Å². The average molecular weight is 336 g/mol. The van der Waals surface area contributed by atoms with Crippen molar-refractivity contribution in [1.82, 2.24) is 0 Å². The van der Waals surface area contributed by atoms with Crippen LogP contribution in [0.5, 0.6) is 0 Å². The van der Waals surface area contributed by atoms with E-state index in [4.69, 9.17) is 0 Å². The van der Waals surface area contributed by atoms with Crippen LogP contribution in [0.2, 0.25) is 0 Å². The number of halogens is 3. The number of carbonyl (C=O) groups is 2. The lowest BCUT2D eigenvalue weighted by molar-refractivity contribution is -0.167. The molecule has 0 bridgehead atoms. The highest BCUT2D eigenvalue weighted by Crippen LogP contribution is 2.20. The fourth-order valence-corrected chi connectivity index (χ4v) is 2.00. The maximum Gasteiger partial charge on any atom is 0.471 e. The van der Waals surface area contributed by atoms with Gasteiger partial charge in [-0.3, -0.25) is 9.59 Å². The maximum absolute atomic E-state index is 12.2. The summed E-state index contributed by atoms with van der Waals surface area (Å²) < 4.78 is 36.7. The summed E-state index contributed by atoms with van der Waals surface area (Å²) >= 11 is 0. The van der Waals surface area contributed by atoms with Crippen LogP contribution in [0.15, 0.2) is 54.6 Å². The largest absolute Gasteiger partial charge is 0.471 e. The molecule has 0 aliphatic rings. The Morgan fingerprint density at radius 3 is 2.12 bits per heavy atom. The van der Waals surface area contributed by atoms with Gasteiger partial charge >= 0.3 is 12.1 Å². The second-order valence-electron chi connectivity index (χ2n) is 5.07. The molecule has 0 aromatic heterocycles. The molecule has 0 aliphatic carbocycles. The standard InChI is InChI=1S/C17H15F3N2O2/c18-17(19,20)16(24)22-14-8-4-7-13(11-14)21-15(23)10-9-12-5-2-1-3-6-12/h1-8,11H,9-10H2,(H,21,23)(H,22,24). The van der Waals surface area contributed by atoms with E-state index in [-0.39, 0.29) is 18.0 Å². The highest BCUT2D eigenvalue weighted by atomic mass is 19.4. The molecule has 24 heavy (non-hydrogen) atoms. The Morgan fingerprint density at radius 2 is 1.50 bits per heavy atom. The first-order valence-electron chi connectivity index (χ1n) is 7.16. The number of alkyl halides is 3. The summed E-state index contributed by atoms with van der Waals surface area (Å²) in [6, 6.07) is 15.0. The van der Waals surface area contributed by atoms with Crippen LogP contribution in [0.25, 0.3) is 0 Å². The first-order chi connectivity index (χ1) is 11.3. The van der Waals surface area contributed by atoms with E-state index >= 15 is 0 Å². The molecule has 4 nitrogen and oxygen atoms in total. The number of benzene rings is 2. The van der Waals surface area contributed by atoms with E-state index in [0.29, 0.717) is 12.1 Å². The van der Waals surface area contributed by atoms with Crippen LogP contribution >= 0.6 is 0 Å². The third kappa shape index (κ3) is 5.42. The van der Waals surface area contributed by atoms with E-state index in [9.17, 15) is 22.8 Å². The summed E-state index contributed by atoms with van der Waals surface area (Å²) in [7, 11) is 0. The molecule has 0 saturated carbocycles. The molecule has 0 atom stereocenters. The monoisotopic (exact) mass is 336 g/mol. The molecule has 0 spiro atoms. The lowest BCUT2D eigenvalue weighted by Crippen LogP contribution is -2.29. The van der Waals surface area contributed by atoms with E-state index in [1.807, 2.05) is 30.3 Å². The minimum atomic E-state index is -4.96. The smallest absolute Gasteiger partial charge is 0.326 e. The van der Waals surface area contributed by atoms with Crippen molar-refractivity contribution in [3.8, 4) is 0 Å². The van der Waals surface area contributed by atoms with Crippen molar-refractivity contribution in [2.45, 2.75) is 19.0 Å². The molecule has 0 radical (unpaired) electrons. The SMILES string of the molecule is O=C(CCc1ccccc1)Nc1cccc(NC(=O)C(F)(F)F)c1. The van der Waals surface area contributed by atoms with E-state index in [1.165, 1.54) is 24.3 Å². The van der Waals surface area contributed by atoms with Gasteiger partial charge in [0.1, 0.15) is 0 Å². The summed E-state index contributed by atoms with van der Waals surface area (Å²) in [5, 5.41) is 4.33. The van der Waals surface area contributed by atoms with Crippen LogP contribution in [0.3, 0.4) is 0 Å². The van der Waals surface area contributed by atoms with Gasteiger partial charge in [-0.05, 0) is 30.2 Å². The van der Waals surface area contributed by atoms with Gasteiger partial charge in [0, 0.05) is 17.8 Å². The Balaban J connectivity index is 1.91. The topological polar surface area (TPSA) is 58.2 Å². The molecule has 126 valence electrons. The van der Waals surface area contributed by atoms with Gasteiger partial charge in [-0.1, -0.05) is 36.4 Å². The number of amides is 2. The Kier molecular flexibility index (Phi) is 5.57. The van der Waals surface area contributed by atoms with Gasteiger partial charge in [-0.25, -0.2) is 0 Å². The van der Waals surface area contributed by atoms with E-state index in [1.54, 1.807) is 5.32 Å². The predicted octanol–water partition coefficient (Wildman–Crippen LogP) is 3.76. The molecule has 2 amide bonds. The molecule has 2 rings (SSSR count). The van der Waals surface area contributed by atoms with E-state index in [0.717, 1.165) is 5.56 Å². The minimum absolute atomic E-state index is 0.0433. The van der Waals surface area contributed by atoms with Crippen molar-refractivity contribution in [2.24, 2.45) is 0 Å².